The second-order valence-corrected chi connectivity index (χ2v) is 13.6. The predicted octanol–water partition coefficient (Wildman–Crippen LogP) is 9.47. The lowest BCUT2D eigenvalue weighted by atomic mass is 9.64. The van der Waals surface area contributed by atoms with E-state index in [1.807, 2.05) is 78.9 Å². The van der Waals surface area contributed by atoms with E-state index in [1.165, 1.54) is 0 Å². The van der Waals surface area contributed by atoms with Gasteiger partial charge in [-0.1, -0.05) is 127 Å². The van der Waals surface area contributed by atoms with Crippen molar-refractivity contribution < 1.29 is 8.42 Å². The van der Waals surface area contributed by atoms with Crippen LogP contribution in [0.2, 0.25) is 0 Å². The first kappa shape index (κ1) is 26.0. The van der Waals surface area contributed by atoms with Crippen molar-refractivity contribution in [2.45, 2.75) is 15.2 Å². The molecule has 0 fully saturated rings. The average molecular weight is 598 g/mol. The molecule has 8 aromatic rings. The molecule has 1 aliphatic heterocycles. The molecule has 214 valence electrons. The summed E-state index contributed by atoms with van der Waals surface area (Å²) in [6.45, 7) is 0. The number of hydrogen-bond acceptors (Lipinski definition) is 2. The molecule has 0 unspecified atom stereocenters. The van der Waals surface area contributed by atoms with Crippen LogP contribution >= 0.6 is 0 Å². The fourth-order valence-electron chi connectivity index (χ4n) is 7.54. The van der Waals surface area contributed by atoms with Gasteiger partial charge in [-0.05, 0) is 69.4 Å². The number of aromatic nitrogens is 1. The Morgan fingerprint density at radius 3 is 1.82 bits per heavy atom. The summed E-state index contributed by atoms with van der Waals surface area (Å²) in [7, 11) is -3.86. The van der Waals surface area contributed by atoms with Gasteiger partial charge >= 0.3 is 0 Å². The van der Waals surface area contributed by atoms with Crippen molar-refractivity contribution in [1.29, 1.82) is 0 Å². The highest BCUT2D eigenvalue weighted by Gasteiger charge is 2.49. The Morgan fingerprint density at radius 2 is 1.07 bits per heavy atom. The molecule has 7 aromatic carbocycles. The van der Waals surface area contributed by atoms with Crippen LogP contribution in [0.1, 0.15) is 22.3 Å². The molecule has 0 bridgehead atoms. The third kappa shape index (κ3) is 3.54. The monoisotopic (exact) mass is 597 g/mol. The Labute approximate surface area is 261 Å². The van der Waals surface area contributed by atoms with Gasteiger partial charge in [0.05, 0.1) is 26.2 Å². The van der Waals surface area contributed by atoms with Crippen LogP contribution in [0, 0.1) is 0 Å². The Kier molecular flexibility index (Phi) is 5.50. The molecule has 0 atom stereocenters. The number of benzene rings is 7. The molecule has 45 heavy (non-hydrogen) atoms. The summed E-state index contributed by atoms with van der Waals surface area (Å²) in [6.07, 6.45) is 0. The van der Waals surface area contributed by atoms with Crippen molar-refractivity contribution in [2.75, 3.05) is 0 Å². The molecule has 1 aromatic heterocycles. The zero-order chi connectivity index (χ0) is 30.2. The topological polar surface area (TPSA) is 39.1 Å². The van der Waals surface area contributed by atoms with Crippen molar-refractivity contribution in [2.24, 2.45) is 0 Å². The van der Waals surface area contributed by atoms with Crippen LogP contribution in [0.25, 0.3) is 38.3 Å². The van der Waals surface area contributed by atoms with Gasteiger partial charge in [0, 0.05) is 16.5 Å². The summed E-state index contributed by atoms with van der Waals surface area (Å²) < 4.78 is 31.6. The van der Waals surface area contributed by atoms with Crippen LogP contribution in [0.15, 0.2) is 174 Å². The maximum Gasteiger partial charge on any atom is 0.207 e. The van der Waals surface area contributed by atoms with E-state index in [0.717, 1.165) is 60.5 Å². The molecule has 1 aliphatic rings. The number of fused-ring (bicyclic) bond motifs is 6. The van der Waals surface area contributed by atoms with E-state index in [2.05, 4.69) is 83.4 Å². The number of hydrogen-bond donors (Lipinski definition) is 0. The maximum atomic E-state index is 14.7. The third-order valence-electron chi connectivity index (χ3n) is 9.45. The van der Waals surface area contributed by atoms with Crippen molar-refractivity contribution >= 4 is 42.4 Å². The zero-order valence-electron chi connectivity index (χ0n) is 24.3. The molecule has 3 nitrogen and oxygen atoms in total. The second kappa shape index (κ2) is 9.52. The Balaban J connectivity index is 1.48. The number of rotatable bonds is 3. The van der Waals surface area contributed by atoms with Gasteiger partial charge in [-0.15, -0.1) is 0 Å². The van der Waals surface area contributed by atoms with Gasteiger partial charge in [0.2, 0.25) is 9.84 Å². The van der Waals surface area contributed by atoms with Crippen molar-refractivity contribution in [1.82, 2.24) is 4.57 Å². The van der Waals surface area contributed by atoms with Gasteiger partial charge in [0.15, 0.2) is 0 Å². The minimum atomic E-state index is -3.86. The fourth-order valence-corrected chi connectivity index (χ4v) is 9.32. The quantitative estimate of drug-likeness (QED) is 0.204. The largest absolute Gasteiger partial charge is 0.309 e. The standard InChI is InChI=1S/C41H27NO2S/c43-45(44)39-22-12-10-20-35(39)41(30-15-3-1-4-16-30,31-17-5-2-6-18-31)36-26-34-33-19-9-11-21-37(33)42(38(34)27-40(36)45)32-24-23-28-13-7-8-14-29(28)25-32/h1-27H. The van der Waals surface area contributed by atoms with Gasteiger partial charge in [0.1, 0.15) is 0 Å². The van der Waals surface area contributed by atoms with E-state index in [9.17, 15) is 8.42 Å². The third-order valence-corrected chi connectivity index (χ3v) is 11.3. The van der Waals surface area contributed by atoms with E-state index < -0.39 is 15.3 Å². The molecule has 0 amide bonds. The smallest absolute Gasteiger partial charge is 0.207 e. The van der Waals surface area contributed by atoms with E-state index in [4.69, 9.17) is 0 Å². The molecule has 0 aliphatic carbocycles. The summed E-state index contributed by atoms with van der Waals surface area (Å²) >= 11 is 0. The van der Waals surface area contributed by atoms with Crippen LogP contribution in [-0.4, -0.2) is 13.0 Å². The number of nitrogens with zero attached hydrogens (tertiary/aromatic N) is 1. The minimum absolute atomic E-state index is 0.339. The van der Waals surface area contributed by atoms with Gasteiger partial charge in [-0.3, -0.25) is 0 Å². The lowest BCUT2D eigenvalue weighted by Crippen LogP contribution is -2.37. The molecule has 0 N–H and O–H groups in total. The first-order chi connectivity index (χ1) is 22.1. The van der Waals surface area contributed by atoms with Gasteiger partial charge < -0.3 is 4.57 Å². The van der Waals surface area contributed by atoms with Gasteiger partial charge in [0.25, 0.3) is 0 Å². The number of para-hydroxylation sites is 1. The van der Waals surface area contributed by atoms with Crippen LogP contribution < -0.4 is 0 Å². The summed E-state index contributed by atoms with van der Waals surface area (Å²) in [5.41, 5.74) is 5.63. The minimum Gasteiger partial charge on any atom is -0.309 e. The van der Waals surface area contributed by atoms with Crippen molar-refractivity contribution in [3.8, 4) is 5.69 Å². The molecule has 0 spiro atoms. The first-order valence-corrected chi connectivity index (χ1v) is 16.6. The van der Waals surface area contributed by atoms with E-state index >= 15 is 0 Å². The summed E-state index contributed by atoms with van der Waals surface area (Å²) in [5.74, 6) is 0. The van der Waals surface area contributed by atoms with Crippen molar-refractivity contribution in [3.63, 3.8) is 0 Å². The molecule has 9 rings (SSSR count). The van der Waals surface area contributed by atoms with Crippen LogP contribution in [0.3, 0.4) is 0 Å². The van der Waals surface area contributed by atoms with Gasteiger partial charge in [-0.2, -0.15) is 0 Å². The Bertz CT molecular complexity index is 2510. The molecule has 2 heterocycles. The highest BCUT2D eigenvalue weighted by atomic mass is 32.2. The lowest BCUT2D eigenvalue weighted by molar-refractivity contribution is 0.579. The Hall–Kier alpha value is -5.45. The van der Waals surface area contributed by atoms with Crippen molar-refractivity contribution in [3.05, 3.63) is 186 Å². The van der Waals surface area contributed by atoms with Crippen LogP contribution in [0.5, 0.6) is 0 Å². The fraction of sp³-hybridized carbons (Fsp3) is 0.0244. The first-order valence-electron chi connectivity index (χ1n) is 15.1. The Morgan fingerprint density at radius 1 is 0.444 bits per heavy atom. The summed E-state index contributed by atoms with van der Waals surface area (Å²) in [5, 5.41) is 4.39. The van der Waals surface area contributed by atoms with E-state index in [1.54, 1.807) is 6.07 Å². The van der Waals surface area contributed by atoms with Crippen LogP contribution in [0.4, 0.5) is 0 Å². The lowest BCUT2D eigenvalue weighted by Gasteiger charge is -2.41. The second-order valence-electron chi connectivity index (χ2n) is 11.7. The molecule has 4 heteroatoms. The molecule has 0 radical (unpaired) electrons. The molecular formula is C41H27NO2S. The normalized spacial score (nSPS) is 14.8. The predicted molar refractivity (Wildman–Crippen MR) is 182 cm³/mol. The number of sulfone groups is 1. The maximum absolute atomic E-state index is 14.7. The van der Waals surface area contributed by atoms with Gasteiger partial charge in [-0.25, -0.2) is 8.42 Å². The molecular weight excluding hydrogens is 571 g/mol. The van der Waals surface area contributed by atoms with Crippen LogP contribution in [-0.2, 0) is 15.3 Å². The molecule has 0 saturated carbocycles. The summed E-state index contributed by atoms with van der Waals surface area (Å²) in [6, 6.07) is 55.3. The zero-order valence-corrected chi connectivity index (χ0v) is 25.1. The highest BCUT2D eigenvalue weighted by Crippen LogP contribution is 2.54. The van der Waals surface area contributed by atoms with E-state index in [-0.39, 0.29) is 0 Å². The van der Waals surface area contributed by atoms with E-state index in [0.29, 0.717) is 9.79 Å². The average Bonchev–Trinajstić information content (AvgIpc) is 3.42. The summed E-state index contributed by atoms with van der Waals surface area (Å²) in [4.78, 5) is 0.684. The highest BCUT2D eigenvalue weighted by molar-refractivity contribution is 7.91. The SMILES string of the molecule is O=S1(=O)c2ccccc2C(c2ccccc2)(c2ccccc2)c2cc3c4ccccc4n(-c4ccc5ccccc5c4)c3cc21. The molecule has 0 saturated heterocycles.